The molecule has 0 N–H and O–H groups in total. The summed E-state index contributed by atoms with van der Waals surface area (Å²) in [5, 5.41) is 2.17. The Balaban J connectivity index is 1.17. The summed E-state index contributed by atoms with van der Waals surface area (Å²) < 4.78 is 14.1. The van der Waals surface area contributed by atoms with Crippen molar-refractivity contribution in [1.82, 2.24) is 29.5 Å². The number of ether oxygens (including phenoxy) is 2. The standard InChI is InChI=1S/C39H30N8O2/c1-45(27-9-7-11-31(21-27)48-37-13-3-5-19-41-37)29-15-17-33-34-18-16-30(24-36(34)47(35(33)23-29)39-43-25-40-26-44-39)46(2)28-10-8-12-32(22-28)49-38-14-4-6-20-42-38/h3-26H,1-2H3. The number of aromatic nitrogens is 6. The zero-order valence-electron chi connectivity index (χ0n) is 26.8. The second-order valence-corrected chi connectivity index (χ2v) is 11.3. The van der Waals surface area contributed by atoms with E-state index in [0.717, 1.165) is 44.6 Å². The van der Waals surface area contributed by atoms with Crippen LogP contribution < -0.4 is 19.3 Å². The van der Waals surface area contributed by atoms with Crippen LogP contribution in [0, 0.1) is 0 Å². The highest BCUT2D eigenvalue weighted by Gasteiger charge is 2.18. The number of rotatable bonds is 9. The molecule has 0 spiro atoms. The van der Waals surface area contributed by atoms with Crippen LogP contribution in [-0.2, 0) is 0 Å². The Morgan fingerprint density at radius 3 is 1.45 bits per heavy atom. The van der Waals surface area contributed by atoms with Gasteiger partial charge in [-0.05, 0) is 60.7 Å². The molecule has 8 aromatic rings. The van der Waals surface area contributed by atoms with E-state index in [-0.39, 0.29) is 0 Å². The average molecular weight is 643 g/mol. The molecule has 0 radical (unpaired) electrons. The summed E-state index contributed by atoms with van der Waals surface area (Å²) >= 11 is 0. The highest BCUT2D eigenvalue weighted by Crippen LogP contribution is 2.38. The van der Waals surface area contributed by atoms with E-state index in [9.17, 15) is 0 Å². The maximum atomic E-state index is 6.01. The maximum Gasteiger partial charge on any atom is 0.237 e. The van der Waals surface area contributed by atoms with Gasteiger partial charge in [-0.25, -0.2) is 24.9 Å². The van der Waals surface area contributed by atoms with E-state index in [1.807, 2.05) is 86.9 Å². The van der Waals surface area contributed by atoms with E-state index in [1.54, 1.807) is 12.4 Å². The third-order valence-electron chi connectivity index (χ3n) is 8.32. The molecule has 0 aliphatic heterocycles. The van der Waals surface area contributed by atoms with Crippen molar-refractivity contribution in [2.75, 3.05) is 23.9 Å². The first-order valence-corrected chi connectivity index (χ1v) is 15.7. The number of pyridine rings is 2. The zero-order chi connectivity index (χ0) is 33.2. The van der Waals surface area contributed by atoms with Gasteiger partial charge in [0.05, 0.1) is 11.0 Å². The van der Waals surface area contributed by atoms with Gasteiger partial charge in [0.1, 0.15) is 24.2 Å². The molecule has 0 saturated carbocycles. The van der Waals surface area contributed by atoms with Gasteiger partial charge in [-0.1, -0.05) is 36.4 Å². The third kappa shape index (κ3) is 5.94. The van der Waals surface area contributed by atoms with Gasteiger partial charge in [-0.15, -0.1) is 0 Å². The first-order valence-electron chi connectivity index (χ1n) is 15.7. The second-order valence-electron chi connectivity index (χ2n) is 11.3. The molecule has 4 heterocycles. The lowest BCUT2D eigenvalue weighted by Crippen LogP contribution is -2.10. The highest BCUT2D eigenvalue weighted by molar-refractivity contribution is 6.10. The molecule has 238 valence electrons. The summed E-state index contributed by atoms with van der Waals surface area (Å²) in [6, 6.07) is 40.0. The molecule has 0 amide bonds. The zero-order valence-corrected chi connectivity index (χ0v) is 26.8. The molecule has 0 saturated heterocycles. The molecular weight excluding hydrogens is 612 g/mol. The molecule has 10 nitrogen and oxygen atoms in total. The summed E-state index contributed by atoms with van der Waals surface area (Å²) in [5.74, 6) is 3.02. The predicted octanol–water partition coefficient (Wildman–Crippen LogP) is 8.88. The topological polar surface area (TPSA) is 94.3 Å². The van der Waals surface area contributed by atoms with Gasteiger partial charge < -0.3 is 19.3 Å². The van der Waals surface area contributed by atoms with E-state index in [1.165, 1.54) is 12.7 Å². The molecule has 4 aromatic carbocycles. The van der Waals surface area contributed by atoms with Crippen molar-refractivity contribution in [3.63, 3.8) is 0 Å². The van der Waals surface area contributed by atoms with Crippen molar-refractivity contribution in [1.29, 1.82) is 0 Å². The number of nitrogens with zero attached hydrogens (tertiary/aromatic N) is 8. The summed E-state index contributed by atoms with van der Waals surface area (Å²) in [4.78, 5) is 26.0. The van der Waals surface area contributed by atoms with Crippen molar-refractivity contribution in [3.05, 3.63) is 146 Å². The Bertz CT molecular complexity index is 2240. The highest BCUT2D eigenvalue weighted by atomic mass is 16.5. The van der Waals surface area contributed by atoms with Crippen LogP contribution >= 0.6 is 0 Å². The third-order valence-corrected chi connectivity index (χ3v) is 8.32. The fourth-order valence-electron chi connectivity index (χ4n) is 5.84. The van der Waals surface area contributed by atoms with Crippen LogP contribution in [0.3, 0.4) is 0 Å². The lowest BCUT2D eigenvalue weighted by atomic mass is 10.1. The number of anilines is 4. The van der Waals surface area contributed by atoms with Crippen LogP contribution in [0.15, 0.2) is 146 Å². The molecular formula is C39H30N8O2. The van der Waals surface area contributed by atoms with E-state index in [4.69, 9.17) is 9.47 Å². The summed E-state index contributed by atoms with van der Waals surface area (Å²) in [5.41, 5.74) is 5.85. The van der Waals surface area contributed by atoms with Crippen molar-refractivity contribution < 1.29 is 9.47 Å². The van der Waals surface area contributed by atoms with E-state index >= 15 is 0 Å². The fourth-order valence-corrected chi connectivity index (χ4v) is 5.84. The quantitative estimate of drug-likeness (QED) is 0.153. The molecule has 0 aliphatic carbocycles. The lowest BCUT2D eigenvalue weighted by molar-refractivity contribution is 0.463. The van der Waals surface area contributed by atoms with E-state index in [0.29, 0.717) is 29.2 Å². The Hall–Kier alpha value is -6.81. The molecule has 0 fully saturated rings. The fraction of sp³-hybridized carbons (Fsp3) is 0.0513. The summed E-state index contributed by atoms with van der Waals surface area (Å²) in [6.07, 6.45) is 6.47. The number of benzene rings is 4. The molecule has 0 bridgehead atoms. The molecule has 0 atom stereocenters. The Kier molecular flexibility index (Phi) is 7.71. The minimum absolute atomic E-state index is 0.533. The normalized spacial score (nSPS) is 11.1. The van der Waals surface area contributed by atoms with Gasteiger partial charge in [-0.2, -0.15) is 0 Å². The van der Waals surface area contributed by atoms with Gasteiger partial charge >= 0.3 is 0 Å². The monoisotopic (exact) mass is 642 g/mol. The van der Waals surface area contributed by atoms with Crippen LogP contribution in [0.2, 0.25) is 0 Å². The van der Waals surface area contributed by atoms with Crippen LogP contribution in [0.1, 0.15) is 0 Å². The Morgan fingerprint density at radius 1 is 0.490 bits per heavy atom. The van der Waals surface area contributed by atoms with Crippen molar-refractivity contribution >= 4 is 44.6 Å². The SMILES string of the molecule is CN(c1cccc(Oc2ccccn2)c1)c1ccc2c3ccc(N(C)c4cccc(Oc5ccccn5)c4)cc3n(-c3ncncn3)c2c1. The maximum absolute atomic E-state index is 6.01. The van der Waals surface area contributed by atoms with Crippen molar-refractivity contribution in [2.45, 2.75) is 0 Å². The Labute approximate surface area is 282 Å². The second kappa shape index (κ2) is 12.8. The number of hydrogen-bond acceptors (Lipinski definition) is 9. The van der Waals surface area contributed by atoms with Crippen LogP contribution in [0.25, 0.3) is 27.8 Å². The van der Waals surface area contributed by atoms with Crippen LogP contribution in [-0.4, -0.2) is 43.6 Å². The first-order chi connectivity index (χ1) is 24.1. The van der Waals surface area contributed by atoms with Gasteiger partial charge in [-0.3, -0.25) is 4.57 Å². The molecule has 49 heavy (non-hydrogen) atoms. The van der Waals surface area contributed by atoms with Crippen LogP contribution in [0.4, 0.5) is 22.7 Å². The minimum atomic E-state index is 0.533. The van der Waals surface area contributed by atoms with E-state index in [2.05, 4.69) is 87.8 Å². The van der Waals surface area contributed by atoms with Crippen LogP contribution in [0.5, 0.6) is 23.3 Å². The van der Waals surface area contributed by atoms with Crippen molar-refractivity contribution in [2.24, 2.45) is 0 Å². The minimum Gasteiger partial charge on any atom is -0.439 e. The lowest BCUT2D eigenvalue weighted by Gasteiger charge is -2.21. The smallest absolute Gasteiger partial charge is 0.237 e. The average Bonchev–Trinajstić information content (AvgIpc) is 3.48. The van der Waals surface area contributed by atoms with Gasteiger partial charge in [0, 0.05) is 84.3 Å². The van der Waals surface area contributed by atoms with Gasteiger partial charge in [0.25, 0.3) is 0 Å². The Morgan fingerprint density at radius 2 is 0.980 bits per heavy atom. The molecule has 0 unspecified atom stereocenters. The summed E-state index contributed by atoms with van der Waals surface area (Å²) in [7, 11) is 4.07. The first kappa shape index (κ1) is 29.6. The molecule has 8 rings (SSSR count). The largest absolute Gasteiger partial charge is 0.439 e. The van der Waals surface area contributed by atoms with E-state index < -0.39 is 0 Å². The molecule has 4 aromatic heterocycles. The van der Waals surface area contributed by atoms with Gasteiger partial charge in [0.2, 0.25) is 17.7 Å². The summed E-state index contributed by atoms with van der Waals surface area (Å²) in [6.45, 7) is 0. The van der Waals surface area contributed by atoms with Gasteiger partial charge in [0.15, 0.2) is 0 Å². The predicted molar refractivity (Wildman–Crippen MR) is 192 cm³/mol. The number of hydrogen-bond donors (Lipinski definition) is 0. The molecule has 10 heteroatoms. The van der Waals surface area contributed by atoms with Crippen molar-refractivity contribution in [3.8, 4) is 29.2 Å². The molecule has 0 aliphatic rings. The number of fused-ring (bicyclic) bond motifs is 3.